The maximum absolute atomic E-state index is 13.1. The van der Waals surface area contributed by atoms with Crippen molar-refractivity contribution >= 4 is 15.9 Å². The number of nitrogens with zero attached hydrogens (tertiary/aromatic N) is 1. The van der Waals surface area contributed by atoms with Gasteiger partial charge in [0, 0.05) is 31.8 Å². The van der Waals surface area contributed by atoms with Crippen LogP contribution in [0.5, 0.6) is 5.75 Å². The third-order valence-corrected chi connectivity index (χ3v) is 6.73. The van der Waals surface area contributed by atoms with Crippen LogP contribution in [0.4, 0.5) is 0 Å². The highest BCUT2D eigenvalue weighted by molar-refractivity contribution is 7.89. The Bertz CT molecular complexity index is 960. The number of amides is 1. The number of carbonyl (C=O) groups is 1. The van der Waals surface area contributed by atoms with Gasteiger partial charge >= 0.3 is 0 Å². The molecule has 0 bridgehead atoms. The maximum Gasteiger partial charge on any atom is 0.254 e. The number of hydrogen-bond donors (Lipinski definition) is 1. The van der Waals surface area contributed by atoms with Crippen LogP contribution >= 0.6 is 0 Å². The van der Waals surface area contributed by atoms with Crippen LogP contribution in [-0.4, -0.2) is 59.2 Å². The molecule has 2 aromatic carbocycles. The molecule has 0 spiro atoms. The summed E-state index contributed by atoms with van der Waals surface area (Å²) in [6.45, 7) is 1.19. The summed E-state index contributed by atoms with van der Waals surface area (Å²) >= 11 is 0. The van der Waals surface area contributed by atoms with E-state index in [1.807, 2.05) is 29.2 Å². The first-order valence-electron chi connectivity index (χ1n) is 9.97. The van der Waals surface area contributed by atoms with Crippen LogP contribution in [0, 0.1) is 0 Å². The van der Waals surface area contributed by atoms with Gasteiger partial charge in [-0.25, -0.2) is 13.1 Å². The minimum absolute atomic E-state index is 0.0725. The lowest BCUT2D eigenvalue weighted by Crippen LogP contribution is -2.36. The Labute approximate surface area is 178 Å². The summed E-state index contributed by atoms with van der Waals surface area (Å²) in [6, 6.07) is 14.1. The van der Waals surface area contributed by atoms with Gasteiger partial charge in [-0.2, -0.15) is 0 Å². The summed E-state index contributed by atoms with van der Waals surface area (Å²) in [5.41, 5.74) is 1.62. The zero-order valence-corrected chi connectivity index (χ0v) is 18.2. The van der Waals surface area contributed by atoms with Gasteiger partial charge in [0.15, 0.2) is 0 Å². The molecule has 1 atom stereocenters. The van der Waals surface area contributed by atoms with E-state index in [2.05, 4.69) is 4.72 Å². The number of carbonyl (C=O) groups excluding carboxylic acids is 1. The number of rotatable bonds is 9. The molecular formula is C22H28N2O5S. The van der Waals surface area contributed by atoms with Crippen molar-refractivity contribution in [3.8, 4) is 5.75 Å². The minimum Gasteiger partial charge on any atom is -0.497 e. The van der Waals surface area contributed by atoms with Gasteiger partial charge in [0.05, 0.1) is 18.6 Å². The SMILES string of the molecule is COCCNS(=O)(=O)c1ccc(C(=O)N2CCCC2Cc2cccc(OC)c2)cc1. The van der Waals surface area contributed by atoms with Gasteiger partial charge in [0.1, 0.15) is 5.75 Å². The van der Waals surface area contributed by atoms with E-state index in [0.717, 1.165) is 30.6 Å². The van der Waals surface area contributed by atoms with Crippen molar-refractivity contribution in [1.82, 2.24) is 9.62 Å². The standard InChI is InChI=1S/C22H28N2O5S/c1-28-14-12-23-30(26,27)21-10-8-18(9-11-21)22(25)24-13-4-6-19(24)15-17-5-3-7-20(16-17)29-2/h3,5,7-11,16,19,23H,4,6,12-15H2,1-2H3. The van der Waals surface area contributed by atoms with Crippen LogP contribution in [0.3, 0.4) is 0 Å². The zero-order chi connectivity index (χ0) is 21.6. The molecular weight excluding hydrogens is 404 g/mol. The Kier molecular flexibility index (Phi) is 7.47. The topological polar surface area (TPSA) is 84.9 Å². The highest BCUT2D eigenvalue weighted by atomic mass is 32.2. The Morgan fingerprint density at radius 2 is 1.93 bits per heavy atom. The molecule has 1 saturated heterocycles. The van der Waals surface area contributed by atoms with E-state index in [1.54, 1.807) is 19.2 Å². The third-order valence-electron chi connectivity index (χ3n) is 5.25. The van der Waals surface area contributed by atoms with E-state index >= 15 is 0 Å². The van der Waals surface area contributed by atoms with Crippen LogP contribution in [-0.2, 0) is 21.2 Å². The average Bonchev–Trinajstić information content (AvgIpc) is 3.21. The first kappa shape index (κ1) is 22.3. The van der Waals surface area contributed by atoms with Crippen LogP contribution in [0.1, 0.15) is 28.8 Å². The lowest BCUT2D eigenvalue weighted by molar-refractivity contribution is 0.0736. The Morgan fingerprint density at radius 3 is 2.63 bits per heavy atom. The molecule has 1 aliphatic rings. The van der Waals surface area contributed by atoms with Crippen molar-refractivity contribution < 1.29 is 22.7 Å². The molecule has 0 radical (unpaired) electrons. The highest BCUT2D eigenvalue weighted by Gasteiger charge is 2.29. The van der Waals surface area contributed by atoms with Crippen LogP contribution in [0.25, 0.3) is 0 Å². The summed E-state index contributed by atoms with van der Waals surface area (Å²) in [7, 11) is -0.470. The first-order valence-corrected chi connectivity index (χ1v) is 11.5. The number of benzene rings is 2. The van der Waals surface area contributed by atoms with E-state index < -0.39 is 10.0 Å². The summed E-state index contributed by atoms with van der Waals surface area (Å²) in [4.78, 5) is 15.1. The second kappa shape index (κ2) is 10.1. The zero-order valence-electron chi connectivity index (χ0n) is 17.3. The minimum atomic E-state index is -3.62. The molecule has 2 aromatic rings. The van der Waals surface area contributed by atoms with Crippen molar-refractivity contribution in [2.45, 2.75) is 30.2 Å². The second-order valence-corrected chi connectivity index (χ2v) is 9.03. The number of ether oxygens (including phenoxy) is 2. The predicted molar refractivity (Wildman–Crippen MR) is 114 cm³/mol. The van der Waals surface area contributed by atoms with Gasteiger partial charge in [0.2, 0.25) is 10.0 Å². The molecule has 0 saturated carbocycles. The lowest BCUT2D eigenvalue weighted by atomic mass is 10.0. The van der Waals surface area contributed by atoms with Crippen molar-refractivity contribution in [3.05, 3.63) is 59.7 Å². The molecule has 1 unspecified atom stereocenters. The number of hydrogen-bond acceptors (Lipinski definition) is 5. The van der Waals surface area contributed by atoms with E-state index in [0.29, 0.717) is 18.7 Å². The molecule has 1 heterocycles. The Morgan fingerprint density at radius 1 is 1.17 bits per heavy atom. The molecule has 7 nitrogen and oxygen atoms in total. The van der Waals surface area contributed by atoms with Gasteiger partial charge < -0.3 is 14.4 Å². The van der Waals surface area contributed by atoms with Gasteiger partial charge in [0.25, 0.3) is 5.91 Å². The normalized spacial score (nSPS) is 16.6. The Hall–Kier alpha value is -2.42. The highest BCUT2D eigenvalue weighted by Crippen LogP contribution is 2.25. The van der Waals surface area contributed by atoms with E-state index in [1.165, 1.54) is 19.2 Å². The second-order valence-electron chi connectivity index (χ2n) is 7.27. The van der Waals surface area contributed by atoms with Gasteiger partial charge in [-0.15, -0.1) is 0 Å². The molecule has 1 fully saturated rings. The van der Waals surface area contributed by atoms with E-state index in [4.69, 9.17) is 9.47 Å². The van der Waals surface area contributed by atoms with Crippen molar-refractivity contribution in [1.29, 1.82) is 0 Å². The van der Waals surface area contributed by atoms with Crippen molar-refractivity contribution in [2.24, 2.45) is 0 Å². The Balaban J connectivity index is 1.69. The summed E-state index contributed by atoms with van der Waals surface area (Å²) in [5.74, 6) is 0.732. The molecule has 0 aliphatic carbocycles. The van der Waals surface area contributed by atoms with Crippen molar-refractivity contribution in [3.63, 3.8) is 0 Å². The number of likely N-dealkylation sites (tertiary alicyclic amines) is 1. The fourth-order valence-electron chi connectivity index (χ4n) is 3.69. The van der Waals surface area contributed by atoms with Gasteiger partial charge in [-0.1, -0.05) is 12.1 Å². The summed E-state index contributed by atoms with van der Waals surface area (Å²) in [6.07, 6.45) is 2.66. The monoisotopic (exact) mass is 432 g/mol. The first-order chi connectivity index (χ1) is 14.4. The van der Waals surface area contributed by atoms with Crippen LogP contribution in [0.15, 0.2) is 53.4 Å². The van der Waals surface area contributed by atoms with Crippen LogP contribution in [0.2, 0.25) is 0 Å². The molecule has 3 rings (SSSR count). The van der Waals surface area contributed by atoms with Gasteiger partial charge in [-0.05, 0) is 61.2 Å². The van der Waals surface area contributed by atoms with Gasteiger partial charge in [-0.3, -0.25) is 4.79 Å². The maximum atomic E-state index is 13.1. The average molecular weight is 433 g/mol. The molecule has 0 aromatic heterocycles. The smallest absolute Gasteiger partial charge is 0.254 e. The van der Waals surface area contributed by atoms with E-state index in [9.17, 15) is 13.2 Å². The summed E-state index contributed by atoms with van der Waals surface area (Å²) in [5, 5.41) is 0. The number of sulfonamides is 1. The predicted octanol–water partition coefficient (Wildman–Crippen LogP) is 2.47. The quantitative estimate of drug-likeness (QED) is 0.616. The third kappa shape index (κ3) is 5.38. The fourth-order valence-corrected chi connectivity index (χ4v) is 4.70. The van der Waals surface area contributed by atoms with E-state index in [-0.39, 0.29) is 23.4 Å². The van der Waals surface area contributed by atoms with Crippen LogP contribution < -0.4 is 9.46 Å². The largest absolute Gasteiger partial charge is 0.497 e. The summed E-state index contributed by atoms with van der Waals surface area (Å²) < 4.78 is 37.2. The lowest BCUT2D eigenvalue weighted by Gasteiger charge is -2.25. The molecule has 30 heavy (non-hydrogen) atoms. The molecule has 1 amide bonds. The molecule has 1 aliphatic heterocycles. The fraction of sp³-hybridized carbons (Fsp3) is 0.409. The number of methoxy groups -OCH3 is 2. The molecule has 1 N–H and O–H groups in total. The molecule has 162 valence electrons. The molecule has 8 heteroatoms. The van der Waals surface area contributed by atoms with Crippen molar-refractivity contribution in [2.75, 3.05) is 33.9 Å². The number of nitrogens with one attached hydrogen (secondary N) is 1.